The van der Waals surface area contributed by atoms with Crippen LogP contribution in [0.5, 0.6) is 0 Å². The van der Waals surface area contributed by atoms with Gasteiger partial charge in [-0.2, -0.15) is 5.26 Å². The highest BCUT2D eigenvalue weighted by atomic mass is 19.1. The minimum atomic E-state index is -0.549. The standard InChI is InChI=1S/C10H11FN2O/c11-9-2-1-7(5-8(9)6-12)10(13)3-4-14/h1-2,5,10,14H,3-4,13H2/t10-/m1/s1. The number of nitriles is 1. The van der Waals surface area contributed by atoms with Gasteiger partial charge in [-0.1, -0.05) is 6.07 Å². The van der Waals surface area contributed by atoms with Crippen LogP contribution in [0.1, 0.15) is 23.6 Å². The molecule has 0 unspecified atom stereocenters. The van der Waals surface area contributed by atoms with Gasteiger partial charge in [0.1, 0.15) is 11.9 Å². The Morgan fingerprint density at radius 1 is 1.57 bits per heavy atom. The van der Waals surface area contributed by atoms with Gasteiger partial charge >= 0.3 is 0 Å². The number of aliphatic hydroxyl groups is 1. The highest BCUT2D eigenvalue weighted by Gasteiger charge is 2.08. The molecule has 1 rings (SSSR count). The molecule has 0 amide bonds. The summed E-state index contributed by atoms with van der Waals surface area (Å²) in [5.74, 6) is -0.549. The summed E-state index contributed by atoms with van der Waals surface area (Å²) in [4.78, 5) is 0. The molecule has 0 aliphatic rings. The van der Waals surface area contributed by atoms with E-state index in [-0.39, 0.29) is 18.2 Å². The Hall–Kier alpha value is -1.44. The molecular formula is C10H11FN2O. The van der Waals surface area contributed by atoms with E-state index in [2.05, 4.69) is 0 Å². The Morgan fingerprint density at radius 2 is 2.29 bits per heavy atom. The number of halogens is 1. The Labute approximate surface area is 81.6 Å². The van der Waals surface area contributed by atoms with Crippen LogP contribution in [0.15, 0.2) is 18.2 Å². The van der Waals surface area contributed by atoms with Crippen LogP contribution in [0.25, 0.3) is 0 Å². The quantitative estimate of drug-likeness (QED) is 0.756. The third kappa shape index (κ3) is 2.28. The van der Waals surface area contributed by atoms with Crippen LogP contribution in [0.2, 0.25) is 0 Å². The highest BCUT2D eigenvalue weighted by molar-refractivity contribution is 5.35. The summed E-state index contributed by atoms with van der Waals surface area (Å²) in [5, 5.41) is 17.2. The maximum Gasteiger partial charge on any atom is 0.140 e. The van der Waals surface area contributed by atoms with Gasteiger partial charge in [-0.3, -0.25) is 0 Å². The van der Waals surface area contributed by atoms with E-state index in [0.29, 0.717) is 12.0 Å². The molecule has 1 aromatic carbocycles. The van der Waals surface area contributed by atoms with Crippen LogP contribution in [0.4, 0.5) is 4.39 Å². The van der Waals surface area contributed by atoms with E-state index < -0.39 is 5.82 Å². The second-order valence-corrected chi connectivity index (χ2v) is 2.97. The first-order valence-corrected chi connectivity index (χ1v) is 4.25. The van der Waals surface area contributed by atoms with Crippen molar-refractivity contribution >= 4 is 0 Å². The molecule has 0 bridgehead atoms. The fourth-order valence-corrected chi connectivity index (χ4v) is 1.16. The summed E-state index contributed by atoms with van der Waals surface area (Å²) in [6.45, 7) is -0.0274. The second kappa shape index (κ2) is 4.70. The van der Waals surface area contributed by atoms with Gasteiger partial charge in [0.05, 0.1) is 5.56 Å². The molecule has 3 N–H and O–H groups in total. The molecule has 4 heteroatoms. The molecule has 1 aromatic rings. The fourth-order valence-electron chi connectivity index (χ4n) is 1.16. The van der Waals surface area contributed by atoms with Crippen LogP contribution in [0.3, 0.4) is 0 Å². The Kier molecular flexibility index (Phi) is 3.57. The number of benzene rings is 1. The maximum absolute atomic E-state index is 12.9. The third-order valence-corrected chi connectivity index (χ3v) is 1.98. The zero-order valence-electron chi connectivity index (χ0n) is 7.57. The molecular weight excluding hydrogens is 183 g/mol. The maximum atomic E-state index is 12.9. The van der Waals surface area contributed by atoms with Crippen molar-refractivity contribution in [2.24, 2.45) is 5.73 Å². The van der Waals surface area contributed by atoms with Crippen molar-refractivity contribution in [3.8, 4) is 6.07 Å². The van der Waals surface area contributed by atoms with Crippen molar-refractivity contribution in [2.75, 3.05) is 6.61 Å². The molecule has 1 atom stereocenters. The summed E-state index contributed by atoms with van der Waals surface area (Å²) in [6, 6.07) is 5.54. The smallest absolute Gasteiger partial charge is 0.140 e. The normalized spacial score (nSPS) is 12.1. The summed E-state index contributed by atoms with van der Waals surface area (Å²) in [5.41, 5.74) is 6.33. The Bertz CT molecular complexity index is 360. The molecule has 0 aliphatic heterocycles. The van der Waals surface area contributed by atoms with Crippen molar-refractivity contribution in [3.05, 3.63) is 35.1 Å². The zero-order valence-corrected chi connectivity index (χ0v) is 7.57. The fraction of sp³-hybridized carbons (Fsp3) is 0.300. The van der Waals surface area contributed by atoms with Gasteiger partial charge < -0.3 is 10.8 Å². The van der Waals surface area contributed by atoms with E-state index in [9.17, 15) is 4.39 Å². The lowest BCUT2D eigenvalue weighted by Crippen LogP contribution is -2.12. The van der Waals surface area contributed by atoms with Crippen LogP contribution >= 0.6 is 0 Å². The topological polar surface area (TPSA) is 70.0 Å². The first kappa shape index (κ1) is 10.6. The van der Waals surface area contributed by atoms with E-state index in [4.69, 9.17) is 16.1 Å². The van der Waals surface area contributed by atoms with E-state index in [0.717, 1.165) is 0 Å². The van der Waals surface area contributed by atoms with Crippen molar-refractivity contribution in [1.29, 1.82) is 5.26 Å². The average Bonchev–Trinajstić information content (AvgIpc) is 2.19. The average molecular weight is 194 g/mol. The highest BCUT2D eigenvalue weighted by Crippen LogP contribution is 2.17. The Balaban J connectivity index is 2.95. The lowest BCUT2D eigenvalue weighted by Gasteiger charge is -2.10. The number of rotatable bonds is 3. The van der Waals surface area contributed by atoms with Crippen molar-refractivity contribution < 1.29 is 9.50 Å². The van der Waals surface area contributed by atoms with Crippen LogP contribution in [0, 0.1) is 17.1 Å². The molecule has 14 heavy (non-hydrogen) atoms. The summed E-state index contributed by atoms with van der Waals surface area (Å²) >= 11 is 0. The Morgan fingerprint density at radius 3 is 2.86 bits per heavy atom. The summed E-state index contributed by atoms with van der Waals surface area (Å²) in [6.07, 6.45) is 0.399. The van der Waals surface area contributed by atoms with Gasteiger partial charge in [-0.05, 0) is 24.1 Å². The molecule has 0 saturated heterocycles. The van der Waals surface area contributed by atoms with Crippen molar-refractivity contribution in [3.63, 3.8) is 0 Å². The third-order valence-electron chi connectivity index (χ3n) is 1.98. The molecule has 0 heterocycles. The van der Waals surface area contributed by atoms with Crippen LogP contribution in [-0.2, 0) is 0 Å². The predicted molar refractivity (Wildman–Crippen MR) is 49.7 cm³/mol. The van der Waals surface area contributed by atoms with E-state index >= 15 is 0 Å². The monoisotopic (exact) mass is 194 g/mol. The first-order chi connectivity index (χ1) is 6.69. The van der Waals surface area contributed by atoms with Gasteiger partial charge in [0.25, 0.3) is 0 Å². The first-order valence-electron chi connectivity index (χ1n) is 4.25. The lowest BCUT2D eigenvalue weighted by atomic mass is 10.0. The minimum absolute atomic E-state index is 0.0177. The van der Waals surface area contributed by atoms with Crippen molar-refractivity contribution in [1.82, 2.24) is 0 Å². The molecule has 3 nitrogen and oxygen atoms in total. The minimum Gasteiger partial charge on any atom is -0.396 e. The summed E-state index contributed by atoms with van der Waals surface area (Å²) in [7, 11) is 0. The number of nitrogens with two attached hydrogens (primary N) is 1. The van der Waals surface area contributed by atoms with Crippen LogP contribution in [-0.4, -0.2) is 11.7 Å². The number of nitrogens with zero attached hydrogens (tertiary/aromatic N) is 1. The van der Waals surface area contributed by atoms with Gasteiger partial charge in [-0.25, -0.2) is 4.39 Å². The van der Waals surface area contributed by atoms with E-state index in [1.807, 2.05) is 0 Å². The second-order valence-electron chi connectivity index (χ2n) is 2.97. The number of aliphatic hydroxyl groups excluding tert-OH is 1. The molecule has 0 radical (unpaired) electrons. The predicted octanol–water partition coefficient (Wildman–Crippen LogP) is 1.08. The number of hydrogen-bond donors (Lipinski definition) is 2. The zero-order chi connectivity index (χ0) is 10.6. The van der Waals surface area contributed by atoms with Gasteiger partial charge in [0.2, 0.25) is 0 Å². The largest absolute Gasteiger partial charge is 0.396 e. The summed E-state index contributed by atoms with van der Waals surface area (Å²) < 4.78 is 12.9. The molecule has 0 aliphatic carbocycles. The SMILES string of the molecule is N#Cc1cc([C@H](N)CCO)ccc1F. The van der Waals surface area contributed by atoms with E-state index in [1.165, 1.54) is 18.2 Å². The molecule has 0 fully saturated rings. The van der Waals surface area contributed by atoms with Crippen LogP contribution < -0.4 is 5.73 Å². The number of hydrogen-bond acceptors (Lipinski definition) is 3. The molecule has 74 valence electrons. The van der Waals surface area contributed by atoms with Crippen molar-refractivity contribution in [2.45, 2.75) is 12.5 Å². The molecule has 0 saturated carbocycles. The van der Waals surface area contributed by atoms with Gasteiger partial charge in [-0.15, -0.1) is 0 Å². The molecule has 0 aromatic heterocycles. The lowest BCUT2D eigenvalue weighted by molar-refractivity contribution is 0.276. The molecule has 0 spiro atoms. The van der Waals surface area contributed by atoms with Gasteiger partial charge in [0, 0.05) is 12.6 Å². The van der Waals surface area contributed by atoms with Gasteiger partial charge in [0.15, 0.2) is 0 Å². The van der Waals surface area contributed by atoms with E-state index in [1.54, 1.807) is 6.07 Å².